The molecule has 1 rings (SSSR count). The van der Waals surface area contributed by atoms with E-state index in [4.69, 9.17) is 5.11 Å². The molecule has 4 nitrogen and oxygen atoms in total. The van der Waals surface area contributed by atoms with Crippen molar-refractivity contribution in [2.45, 2.75) is 38.2 Å². The van der Waals surface area contributed by atoms with Gasteiger partial charge in [0.1, 0.15) is 0 Å². The van der Waals surface area contributed by atoms with Gasteiger partial charge in [0.2, 0.25) is 0 Å². The molecule has 4 heteroatoms. The zero-order valence-corrected chi connectivity index (χ0v) is 9.12. The zero-order valence-electron chi connectivity index (χ0n) is 9.12. The van der Waals surface area contributed by atoms with Crippen molar-refractivity contribution in [3.8, 4) is 0 Å². The molecule has 0 heterocycles. The summed E-state index contributed by atoms with van der Waals surface area (Å²) >= 11 is 0. The number of carboxylic acid groups (broad SMARTS) is 1. The Bertz CT molecular complexity index is 259. The van der Waals surface area contributed by atoms with E-state index >= 15 is 0 Å². The number of carbonyl (C=O) groups is 1. The first-order valence-corrected chi connectivity index (χ1v) is 5.37. The maximum atomic E-state index is 10.6. The van der Waals surface area contributed by atoms with Gasteiger partial charge < -0.3 is 15.5 Å². The second kappa shape index (κ2) is 5.28. The SMILES string of the molecule is CC(O)(CNCCC1=CCCC1)C(=O)O. The summed E-state index contributed by atoms with van der Waals surface area (Å²) in [7, 11) is 0. The van der Waals surface area contributed by atoms with Crippen LogP contribution in [0.2, 0.25) is 0 Å². The molecule has 0 saturated carbocycles. The van der Waals surface area contributed by atoms with Gasteiger partial charge in [0, 0.05) is 6.54 Å². The van der Waals surface area contributed by atoms with Crippen molar-refractivity contribution >= 4 is 5.97 Å². The minimum Gasteiger partial charge on any atom is -0.479 e. The van der Waals surface area contributed by atoms with Crippen molar-refractivity contribution in [1.82, 2.24) is 5.32 Å². The van der Waals surface area contributed by atoms with E-state index in [1.807, 2.05) is 0 Å². The van der Waals surface area contributed by atoms with Crippen LogP contribution in [0.15, 0.2) is 11.6 Å². The Kier molecular flexibility index (Phi) is 4.29. The molecule has 0 aromatic rings. The number of aliphatic hydroxyl groups is 1. The normalized spacial score (nSPS) is 19.7. The fourth-order valence-corrected chi connectivity index (χ4v) is 1.62. The molecular weight excluding hydrogens is 194 g/mol. The van der Waals surface area contributed by atoms with Crippen molar-refractivity contribution in [1.29, 1.82) is 0 Å². The fourth-order valence-electron chi connectivity index (χ4n) is 1.62. The van der Waals surface area contributed by atoms with Gasteiger partial charge in [-0.05, 0) is 39.2 Å². The summed E-state index contributed by atoms with van der Waals surface area (Å²) in [6.45, 7) is 2.13. The largest absolute Gasteiger partial charge is 0.479 e. The third kappa shape index (κ3) is 4.01. The predicted octanol–water partition coefficient (Wildman–Crippen LogP) is 0.912. The van der Waals surface area contributed by atoms with E-state index in [1.54, 1.807) is 0 Å². The summed E-state index contributed by atoms with van der Waals surface area (Å²) < 4.78 is 0. The van der Waals surface area contributed by atoms with Crippen molar-refractivity contribution in [3.63, 3.8) is 0 Å². The Hall–Kier alpha value is -0.870. The van der Waals surface area contributed by atoms with Gasteiger partial charge >= 0.3 is 5.97 Å². The highest BCUT2D eigenvalue weighted by Gasteiger charge is 2.28. The molecule has 0 saturated heterocycles. The van der Waals surface area contributed by atoms with Gasteiger partial charge in [-0.2, -0.15) is 0 Å². The molecule has 0 aromatic heterocycles. The molecule has 0 radical (unpaired) electrons. The number of aliphatic carboxylic acids is 1. The van der Waals surface area contributed by atoms with Gasteiger partial charge in [-0.15, -0.1) is 0 Å². The molecule has 86 valence electrons. The van der Waals surface area contributed by atoms with Gasteiger partial charge in [-0.1, -0.05) is 11.6 Å². The Morgan fingerprint density at radius 2 is 2.40 bits per heavy atom. The van der Waals surface area contributed by atoms with E-state index in [-0.39, 0.29) is 6.54 Å². The Morgan fingerprint density at radius 3 is 2.93 bits per heavy atom. The predicted molar refractivity (Wildman–Crippen MR) is 57.7 cm³/mol. The monoisotopic (exact) mass is 213 g/mol. The molecule has 3 N–H and O–H groups in total. The lowest BCUT2D eigenvalue weighted by Crippen LogP contribution is -2.45. The molecular formula is C11H19NO3. The van der Waals surface area contributed by atoms with Crippen LogP contribution in [-0.4, -0.2) is 34.9 Å². The Labute approximate surface area is 90.0 Å². The molecule has 1 aliphatic rings. The van der Waals surface area contributed by atoms with Crippen LogP contribution in [0, 0.1) is 0 Å². The highest BCUT2D eigenvalue weighted by atomic mass is 16.4. The number of hydrogen-bond donors (Lipinski definition) is 3. The smallest absolute Gasteiger partial charge is 0.336 e. The first-order valence-electron chi connectivity index (χ1n) is 5.37. The van der Waals surface area contributed by atoms with Crippen LogP contribution in [0.5, 0.6) is 0 Å². The van der Waals surface area contributed by atoms with E-state index < -0.39 is 11.6 Å². The molecule has 0 fully saturated rings. The Morgan fingerprint density at radius 1 is 1.67 bits per heavy atom. The zero-order chi connectivity index (χ0) is 11.3. The standard InChI is InChI=1S/C11H19NO3/c1-11(15,10(13)14)8-12-7-6-9-4-2-3-5-9/h4,12,15H,2-3,5-8H2,1H3,(H,13,14). The summed E-state index contributed by atoms with van der Waals surface area (Å²) in [6.07, 6.45) is 6.77. The minimum atomic E-state index is -1.66. The maximum absolute atomic E-state index is 10.6. The molecule has 1 unspecified atom stereocenters. The van der Waals surface area contributed by atoms with Crippen LogP contribution in [0.1, 0.15) is 32.6 Å². The second-order valence-electron chi connectivity index (χ2n) is 4.26. The lowest BCUT2D eigenvalue weighted by Gasteiger charge is -2.18. The molecule has 0 aromatic carbocycles. The topological polar surface area (TPSA) is 69.6 Å². The van der Waals surface area contributed by atoms with Gasteiger partial charge in [-0.25, -0.2) is 4.79 Å². The third-order valence-corrected chi connectivity index (χ3v) is 2.69. The van der Waals surface area contributed by atoms with Gasteiger partial charge in [0.25, 0.3) is 0 Å². The van der Waals surface area contributed by atoms with Gasteiger partial charge in [-0.3, -0.25) is 0 Å². The Balaban J connectivity index is 2.13. The summed E-state index contributed by atoms with van der Waals surface area (Å²) in [5.41, 5.74) is -0.221. The van der Waals surface area contributed by atoms with Crippen molar-refractivity contribution < 1.29 is 15.0 Å². The summed E-state index contributed by atoms with van der Waals surface area (Å²) in [5.74, 6) is -1.19. The van der Waals surface area contributed by atoms with E-state index in [0.29, 0.717) is 0 Å². The lowest BCUT2D eigenvalue weighted by molar-refractivity contribution is -0.156. The molecule has 0 bridgehead atoms. The average Bonchev–Trinajstić information content (AvgIpc) is 2.64. The summed E-state index contributed by atoms with van der Waals surface area (Å²) in [6, 6.07) is 0. The van der Waals surface area contributed by atoms with Crippen LogP contribution in [0.3, 0.4) is 0 Å². The average molecular weight is 213 g/mol. The maximum Gasteiger partial charge on any atom is 0.336 e. The minimum absolute atomic E-state index is 0.0929. The van der Waals surface area contributed by atoms with Crippen LogP contribution in [-0.2, 0) is 4.79 Å². The molecule has 0 spiro atoms. The third-order valence-electron chi connectivity index (χ3n) is 2.69. The number of carboxylic acids is 1. The van der Waals surface area contributed by atoms with Crippen molar-refractivity contribution in [2.75, 3.05) is 13.1 Å². The fraction of sp³-hybridized carbons (Fsp3) is 0.727. The van der Waals surface area contributed by atoms with Gasteiger partial charge in [0.05, 0.1) is 0 Å². The van der Waals surface area contributed by atoms with Crippen LogP contribution >= 0.6 is 0 Å². The van der Waals surface area contributed by atoms with Crippen LogP contribution < -0.4 is 5.32 Å². The van der Waals surface area contributed by atoms with Gasteiger partial charge in [0.15, 0.2) is 5.60 Å². The number of nitrogens with one attached hydrogen (secondary N) is 1. The van der Waals surface area contributed by atoms with E-state index in [2.05, 4.69) is 11.4 Å². The highest BCUT2D eigenvalue weighted by molar-refractivity contribution is 5.76. The molecule has 1 aliphatic carbocycles. The summed E-state index contributed by atoms with van der Waals surface area (Å²) in [5, 5.41) is 21.0. The molecule has 0 aliphatic heterocycles. The van der Waals surface area contributed by atoms with Crippen LogP contribution in [0.25, 0.3) is 0 Å². The van der Waals surface area contributed by atoms with Crippen molar-refractivity contribution in [2.24, 2.45) is 0 Å². The highest BCUT2D eigenvalue weighted by Crippen LogP contribution is 2.19. The summed E-state index contributed by atoms with van der Waals surface area (Å²) in [4.78, 5) is 10.6. The molecule has 15 heavy (non-hydrogen) atoms. The first kappa shape index (κ1) is 12.2. The first-order chi connectivity index (χ1) is 7.02. The molecule has 1 atom stereocenters. The van der Waals surface area contributed by atoms with Crippen LogP contribution in [0.4, 0.5) is 0 Å². The number of allylic oxidation sites excluding steroid dienone is 1. The van der Waals surface area contributed by atoms with E-state index in [1.165, 1.54) is 25.3 Å². The van der Waals surface area contributed by atoms with Crippen molar-refractivity contribution in [3.05, 3.63) is 11.6 Å². The molecule has 0 amide bonds. The van der Waals surface area contributed by atoms with E-state index in [0.717, 1.165) is 19.4 Å². The lowest BCUT2D eigenvalue weighted by atomic mass is 10.1. The quantitative estimate of drug-likeness (QED) is 0.453. The van der Waals surface area contributed by atoms with E-state index in [9.17, 15) is 9.90 Å². The number of rotatable bonds is 6. The second-order valence-corrected chi connectivity index (χ2v) is 4.26. The number of hydrogen-bond acceptors (Lipinski definition) is 3.